The summed E-state index contributed by atoms with van der Waals surface area (Å²) in [6, 6.07) is 0. The molecule has 1 nitrogen and oxygen atoms in total. The van der Waals surface area contributed by atoms with Crippen LogP contribution in [0.2, 0.25) is 0 Å². The zero-order chi connectivity index (χ0) is 11.9. The van der Waals surface area contributed by atoms with Crippen LogP contribution >= 0.6 is 0 Å². The van der Waals surface area contributed by atoms with Gasteiger partial charge in [-0.3, -0.25) is 0 Å². The largest absolute Gasteiger partial charge is 0.389 e. The maximum atomic E-state index is 11.0. The molecule has 0 aromatic rings. The van der Waals surface area contributed by atoms with Crippen molar-refractivity contribution >= 4 is 0 Å². The summed E-state index contributed by atoms with van der Waals surface area (Å²) in [7, 11) is 0. The molecule has 0 radical (unpaired) electrons. The van der Waals surface area contributed by atoms with E-state index in [1.807, 2.05) is 0 Å². The zero-order valence-corrected chi connectivity index (χ0v) is 11.4. The SMILES string of the molecule is CC(C)(C)C1CCCCC1(O)C(C)(C)C. The number of hydrogen-bond donors (Lipinski definition) is 1. The monoisotopic (exact) mass is 212 g/mol. The minimum absolute atomic E-state index is 0.00856. The Morgan fingerprint density at radius 2 is 1.53 bits per heavy atom. The Balaban J connectivity index is 3.02. The third kappa shape index (κ3) is 2.38. The van der Waals surface area contributed by atoms with Crippen molar-refractivity contribution in [2.24, 2.45) is 16.7 Å². The fraction of sp³-hybridized carbons (Fsp3) is 1.00. The summed E-state index contributed by atoms with van der Waals surface area (Å²) in [6.45, 7) is 13.3. The summed E-state index contributed by atoms with van der Waals surface area (Å²) >= 11 is 0. The highest BCUT2D eigenvalue weighted by Gasteiger charge is 2.51. The molecule has 2 atom stereocenters. The predicted octanol–water partition coefficient (Wildman–Crippen LogP) is 4.00. The van der Waals surface area contributed by atoms with Gasteiger partial charge in [-0.25, -0.2) is 0 Å². The fourth-order valence-corrected chi connectivity index (χ4v) is 3.20. The van der Waals surface area contributed by atoms with E-state index in [1.54, 1.807) is 0 Å². The van der Waals surface area contributed by atoms with E-state index in [9.17, 15) is 5.11 Å². The molecule has 1 saturated carbocycles. The van der Waals surface area contributed by atoms with Crippen molar-refractivity contribution < 1.29 is 5.11 Å². The Bertz CT molecular complexity index is 218. The van der Waals surface area contributed by atoms with Gasteiger partial charge in [-0.1, -0.05) is 54.4 Å². The molecular formula is C14H28O. The molecule has 15 heavy (non-hydrogen) atoms. The Morgan fingerprint density at radius 3 is 1.87 bits per heavy atom. The van der Waals surface area contributed by atoms with Crippen molar-refractivity contribution in [1.82, 2.24) is 0 Å². The highest BCUT2D eigenvalue weighted by atomic mass is 16.3. The highest BCUT2D eigenvalue weighted by Crippen LogP contribution is 2.51. The second kappa shape index (κ2) is 3.76. The molecule has 1 aliphatic carbocycles. The van der Waals surface area contributed by atoms with E-state index in [0.717, 1.165) is 6.42 Å². The van der Waals surface area contributed by atoms with Gasteiger partial charge in [-0.05, 0) is 29.6 Å². The summed E-state index contributed by atoms with van der Waals surface area (Å²) in [5, 5.41) is 11.0. The lowest BCUT2D eigenvalue weighted by molar-refractivity contribution is -0.156. The Kier molecular flexibility index (Phi) is 3.27. The molecule has 0 amide bonds. The van der Waals surface area contributed by atoms with Crippen molar-refractivity contribution in [2.75, 3.05) is 0 Å². The van der Waals surface area contributed by atoms with Gasteiger partial charge in [-0.15, -0.1) is 0 Å². The van der Waals surface area contributed by atoms with Gasteiger partial charge in [0, 0.05) is 0 Å². The van der Waals surface area contributed by atoms with Crippen LogP contribution in [0.15, 0.2) is 0 Å². The molecule has 2 unspecified atom stereocenters. The van der Waals surface area contributed by atoms with Crippen molar-refractivity contribution in [2.45, 2.75) is 72.8 Å². The lowest BCUT2D eigenvalue weighted by Gasteiger charge is -2.53. The number of aliphatic hydroxyl groups is 1. The minimum Gasteiger partial charge on any atom is -0.389 e. The molecule has 0 aromatic heterocycles. The van der Waals surface area contributed by atoms with Crippen LogP contribution in [0.3, 0.4) is 0 Å². The van der Waals surface area contributed by atoms with Crippen LogP contribution in [-0.2, 0) is 0 Å². The lowest BCUT2D eigenvalue weighted by atomic mass is 9.56. The standard InChI is InChI=1S/C14H28O/c1-12(2,3)11-9-7-8-10-14(11,15)13(4,5)6/h11,15H,7-10H2,1-6H3. The molecule has 0 bridgehead atoms. The summed E-state index contributed by atoms with van der Waals surface area (Å²) in [6.07, 6.45) is 4.61. The van der Waals surface area contributed by atoms with E-state index >= 15 is 0 Å². The molecule has 0 aliphatic heterocycles. The van der Waals surface area contributed by atoms with Crippen molar-refractivity contribution in [3.8, 4) is 0 Å². The van der Waals surface area contributed by atoms with Crippen LogP contribution in [-0.4, -0.2) is 10.7 Å². The Hall–Kier alpha value is -0.0400. The molecule has 0 spiro atoms. The smallest absolute Gasteiger partial charge is 0.0728 e. The van der Waals surface area contributed by atoms with Crippen LogP contribution in [0, 0.1) is 16.7 Å². The topological polar surface area (TPSA) is 20.2 Å². The molecule has 1 aliphatic rings. The molecule has 1 rings (SSSR count). The van der Waals surface area contributed by atoms with E-state index in [2.05, 4.69) is 41.5 Å². The molecule has 1 heteroatoms. The van der Waals surface area contributed by atoms with E-state index in [4.69, 9.17) is 0 Å². The second-order valence-electron chi connectivity index (χ2n) is 7.34. The van der Waals surface area contributed by atoms with E-state index in [0.29, 0.717) is 5.92 Å². The summed E-state index contributed by atoms with van der Waals surface area (Å²) in [4.78, 5) is 0. The van der Waals surface area contributed by atoms with Crippen molar-refractivity contribution in [1.29, 1.82) is 0 Å². The van der Waals surface area contributed by atoms with Gasteiger partial charge in [-0.2, -0.15) is 0 Å². The van der Waals surface area contributed by atoms with Gasteiger partial charge < -0.3 is 5.11 Å². The van der Waals surface area contributed by atoms with Crippen molar-refractivity contribution in [3.63, 3.8) is 0 Å². The maximum Gasteiger partial charge on any atom is 0.0728 e. The van der Waals surface area contributed by atoms with Gasteiger partial charge in [0.15, 0.2) is 0 Å². The fourth-order valence-electron chi connectivity index (χ4n) is 3.20. The van der Waals surface area contributed by atoms with Crippen LogP contribution in [0.25, 0.3) is 0 Å². The third-order valence-electron chi connectivity index (χ3n) is 4.22. The first-order valence-corrected chi connectivity index (χ1v) is 6.31. The van der Waals surface area contributed by atoms with Gasteiger partial charge in [0.2, 0.25) is 0 Å². The summed E-state index contributed by atoms with van der Waals surface area (Å²) < 4.78 is 0. The molecule has 1 N–H and O–H groups in total. The number of hydrogen-bond acceptors (Lipinski definition) is 1. The Labute approximate surface area is 95.3 Å². The van der Waals surface area contributed by atoms with Crippen LogP contribution in [0.4, 0.5) is 0 Å². The van der Waals surface area contributed by atoms with Gasteiger partial charge in [0.25, 0.3) is 0 Å². The van der Waals surface area contributed by atoms with Gasteiger partial charge >= 0.3 is 0 Å². The first-order valence-electron chi connectivity index (χ1n) is 6.31. The quantitative estimate of drug-likeness (QED) is 0.643. The highest BCUT2D eigenvalue weighted by molar-refractivity contribution is 5.01. The second-order valence-corrected chi connectivity index (χ2v) is 7.34. The molecular weight excluding hydrogens is 184 g/mol. The van der Waals surface area contributed by atoms with Gasteiger partial charge in [0.05, 0.1) is 5.60 Å². The first-order chi connectivity index (χ1) is 6.59. The normalized spacial score (nSPS) is 34.2. The third-order valence-corrected chi connectivity index (χ3v) is 4.22. The van der Waals surface area contributed by atoms with Gasteiger partial charge in [0.1, 0.15) is 0 Å². The molecule has 90 valence electrons. The first kappa shape index (κ1) is 13.0. The lowest BCUT2D eigenvalue weighted by Crippen LogP contribution is -2.55. The molecule has 0 saturated heterocycles. The average molecular weight is 212 g/mol. The minimum atomic E-state index is -0.483. The van der Waals surface area contributed by atoms with E-state index in [-0.39, 0.29) is 10.8 Å². The summed E-state index contributed by atoms with van der Waals surface area (Å²) in [5.74, 6) is 0.429. The van der Waals surface area contributed by atoms with Crippen LogP contribution in [0.1, 0.15) is 67.2 Å². The van der Waals surface area contributed by atoms with Crippen LogP contribution < -0.4 is 0 Å². The predicted molar refractivity (Wildman–Crippen MR) is 65.8 cm³/mol. The average Bonchev–Trinajstić information content (AvgIpc) is 2.00. The van der Waals surface area contributed by atoms with Crippen LogP contribution in [0.5, 0.6) is 0 Å². The van der Waals surface area contributed by atoms with E-state index < -0.39 is 5.60 Å². The Morgan fingerprint density at radius 1 is 1.00 bits per heavy atom. The molecule has 0 aromatic carbocycles. The summed E-state index contributed by atoms with van der Waals surface area (Å²) in [5.41, 5.74) is -0.280. The van der Waals surface area contributed by atoms with E-state index in [1.165, 1.54) is 19.3 Å². The molecule has 0 heterocycles. The molecule has 1 fully saturated rings. The van der Waals surface area contributed by atoms with Crippen molar-refractivity contribution in [3.05, 3.63) is 0 Å². The maximum absolute atomic E-state index is 11.0. The number of rotatable bonds is 0. The zero-order valence-electron chi connectivity index (χ0n) is 11.4.